The van der Waals surface area contributed by atoms with Gasteiger partial charge in [0.1, 0.15) is 13.1 Å². The number of hydrogen-bond donors (Lipinski definition) is 1. The summed E-state index contributed by atoms with van der Waals surface area (Å²) in [6.07, 6.45) is -3.83. The van der Waals surface area contributed by atoms with Gasteiger partial charge in [0.05, 0.1) is 11.0 Å². The first-order valence-electron chi connectivity index (χ1n) is 7.90. The van der Waals surface area contributed by atoms with Gasteiger partial charge in [0.25, 0.3) is 5.91 Å². The van der Waals surface area contributed by atoms with Crippen molar-refractivity contribution in [2.24, 2.45) is 0 Å². The van der Waals surface area contributed by atoms with E-state index in [-0.39, 0.29) is 0 Å². The number of halogens is 3. The minimum Gasteiger partial charge on any atom is -0.454 e. The van der Waals surface area contributed by atoms with Crippen LogP contribution in [-0.4, -0.2) is 40.3 Å². The number of carbonyl (C=O) groups excluding carboxylic acids is 2. The lowest BCUT2D eigenvalue weighted by atomic mass is 10.3. The highest BCUT2D eigenvalue weighted by atomic mass is 19.4. The first-order chi connectivity index (χ1) is 12.2. The Kier molecular flexibility index (Phi) is 6.06. The molecular weight excluding hydrogens is 355 g/mol. The van der Waals surface area contributed by atoms with Crippen LogP contribution >= 0.6 is 0 Å². The van der Waals surface area contributed by atoms with Crippen molar-refractivity contribution in [1.29, 1.82) is 0 Å². The third-order valence-electron chi connectivity index (χ3n) is 3.51. The van der Waals surface area contributed by atoms with E-state index >= 15 is 0 Å². The Morgan fingerprint density at radius 3 is 2.35 bits per heavy atom. The van der Waals surface area contributed by atoms with Crippen LogP contribution in [0.5, 0.6) is 0 Å². The highest BCUT2D eigenvalue weighted by Crippen LogP contribution is 2.13. The molecule has 0 saturated heterocycles. The molecule has 1 amide bonds. The van der Waals surface area contributed by atoms with Gasteiger partial charge in [0.15, 0.2) is 6.61 Å². The molecule has 1 heterocycles. The summed E-state index contributed by atoms with van der Waals surface area (Å²) in [5.41, 5.74) is 0.797. The largest absolute Gasteiger partial charge is 0.454 e. The molecular formula is C16H18F3N3O4. The van der Waals surface area contributed by atoms with Crippen LogP contribution in [0.1, 0.15) is 13.3 Å². The lowest BCUT2D eigenvalue weighted by Crippen LogP contribution is -2.37. The zero-order valence-corrected chi connectivity index (χ0v) is 14.0. The second-order valence-corrected chi connectivity index (χ2v) is 5.56. The highest BCUT2D eigenvalue weighted by Gasteiger charge is 2.27. The van der Waals surface area contributed by atoms with Crippen LogP contribution in [0.4, 0.5) is 13.2 Å². The maximum atomic E-state index is 12.5. The van der Waals surface area contributed by atoms with Crippen molar-refractivity contribution in [2.45, 2.75) is 32.6 Å². The van der Waals surface area contributed by atoms with Crippen molar-refractivity contribution >= 4 is 22.9 Å². The van der Waals surface area contributed by atoms with Crippen molar-refractivity contribution in [1.82, 2.24) is 14.5 Å². The molecule has 7 nitrogen and oxygen atoms in total. The summed E-state index contributed by atoms with van der Waals surface area (Å²) in [5.74, 6) is -1.97. The van der Waals surface area contributed by atoms with Crippen molar-refractivity contribution in [3.8, 4) is 0 Å². The van der Waals surface area contributed by atoms with Crippen molar-refractivity contribution in [3.05, 3.63) is 34.7 Å². The number of alkyl halides is 3. The van der Waals surface area contributed by atoms with Crippen LogP contribution in [0.25, 0.3) is 11.0 Å². The van der Waals surface area contributed by atoms with Crippen molar-refractivity contribution in [3.63, 3.8) is 0 Å². The van der Waals surface area contributed by atoms with Gasteiger partial charge in [-0.05, 0) is 18.6 Å². The predicted octanol–water partition coefficient (Wildman–Crippen LogP) is 1.43. The molecule has 0 atom stereocenters. The van der Waals surface area contributed by atoms with Crippen molar-refractivity contribution < 1.29 is 27.5 Å². The molecule has 26 heavy (non-hydrogen) atoms. The van der Waals surface area contributed by atoms with Gasteiger partial charge >= 0.3 is 17.8 Å². The average molecular weight is 373 g/mol. The number of imidazole rings is 1. The lowest BCUT2D eigenvalue weighted by Gasteiger charge is -2.09. The maximum absolute atomic E-state index is 12.5. The van der Waals surface area contributed by atoms with E-state index in [0.29, 0.717) is 17.6 Å². The molecule has 1 N–H and O–H groups in total. The summed E-state index contributed by atoms with van der Waals surface area (Å²) in [5, 5.41) is 1.59. The number of ether oxygens (including phenoxy) is 1. The summed E-state index contributed by atoms with van der Waals surface area (Å²) in [6, 6.07) is 6.90. The maximum Gasteiger partial charge on any atom is 0.405 e. The SMILES string of the molecule is CCCn1c(=O)n(CC(=O)OCC(=O)NCC(F)(F)F)c2ccccc21. The van der Waals surface area contributed by atoms with Gasteiger partial charge in [-0.3, -0.25) is 18.7 Å². The number of carbonyl (C=O) groups is 2. The zero-order chi connectivity index (χ0) is 19.3. The number of nitrogens with zero attached hydrogens (tertiary/aromatic N) is 2. The summed E-state index contributed by atoms with van der Waals surface area (Å²) in [6.45, 7) is -0.416. The van der Waals surface area contributed by atoms with Crippen LogP contribution in [0.15, 0.2) is 29.1 Å². The molecule has 0 fully saturated rings. The quantitative estimate of drug-likeness (QED) is 0.745. The van der Waals surface area contributed by atoms with Crippen LogP contribution in [0.2, 0.25) is 0 Å². The Morgan fingerprint density at radius 1 is 1.15 bits per heavy atom. The minimum atomic E-state index is -4.55. The predicted molar refractivity (Wildman–Crippen MR) is 86.5 cm³/mol. The van der Waals surface area contributed by atoms with E-state index in [2.05, 4.69) is 4.74 Å². The number of hydrogen-bond acceptors (Lipinski definition) is 4. The molecule has 0 spiro atoms. The van der Waals surface area contributed by atoms with Gasteiger partial charge in [-0.25, -0.2) is 4.79 Å². The monoisotopic (exact) mass is 373 g/mol. The van der Waals surface area contributed by atoms with E-state index in [0.717, 1.165) is 6.42 Å². The number of fused-ring (bicyclic) bond motifs is 1. The van der Waals surface area contributed by atoms with Crippen LogP contribution in [-0.2, 0) is 27.4 Å². The second-order valence-electron chi connectivity index (χ2n) is 5.56. The molecule has 0 bridgehead atoms. The average Bonchev–Trinajstić information content (AvgIpc) is 2.84. The number of amides is 1. The summed E-state index contributed by atoms with van der Waals surface area (Å²) in [7, 11) is 0. The smallest absolute Gasteiger partial charge is 0.405 e. The number of aryl methyl sites for hydroxylation is 1. The number of aromatic nitrogens is 2. The van der Waals surface area contributed by atoms with E-state index in [9.17, 15) is 27.6 Å². The number of nitrogens with one attached hydrogen (secondary N) is 1. The third kappa shape index (κ3) is 4.87. The Hall–Kier alpha value is -2.78. The van der Waals surface area contributed by atoms with E-state index in [1.54, 1.807) is 29.6 Å². The molecule has 0 radical (unpaired) electrons. The van der Waals surface area contributed by atoms with Crippen molar-refractivity contribution in [2.75, 3.05) is 13.2 Å². The first-order valence-corrected chi connectivity index (χ1v) is 7.90. The normalized spacial score (nSPS) is 11.5. The molecule has 10 heteroatoms. The van der Waals surface area contributed by atoms with E-state index in [4.69, 9.17) is 0 Å². The van der Waals surface area contributed by atoms with E-state index in [1.807, 2.05) is 6.92 Å². The van der Waals surface area contributed by atoms with Gasteiger partial charge in [0, 0.05) is 6.54 Å². The Labute approximate surface area is 146 Å². The molecule has 2 rings (SSSR count). The Balaban J connectivity index is 2.04. The van der Waals surface area contributed by atoms with Gasteiger partial charge in [-0.2, -0.15) is 13.2 Å². The standard InChI is InChI=1S/C16H18F3N3O4/c1-2-7-21-11-5-3-4-6-12(11)22(15(21)25)8-14(24)26-9-13(23)20-10-16(17,18)19/h3-6H,2,7-10H2,1H3,(H,20,23). The molecule has 142 valence electrons. The fraction of sp³-hybridized carbons (Fsp3) is 0.438. The molecule has 0 unspecified atom stereocenters. The van der Waals surface area contributed by atoms with E-state index in [1.165, 1.54) is 9.13 Å². The summed E-state index contributed by atoms with van der Waals surface area (Å²) >= 11 is 0. The molecule has 0 saturated carbocycles. The minimum absolute atomic E-state index is 0.397. The molecule has 0 aliphatic heterocycles. The highest BCUT2D eigenvalue weighted by molar-refractivity contribution is 5.82. The molecule has 0 aliphatic carbocycles. The summed E-state index contributed by atoms with van der Waals surface area (Å²) in [4.78, 5) is 35.6. The fourth-order valence-corrected chi connectivity index (χ4v) is 2.44. The molecule has 0 aliphatic rings. The molecule has 1 aromatic carbocycles. The number of rotatable bonds is 7. The number of benzene rings is 1. The topological polar surface area (TPSA) is 82.3 Å². The fourth-order valence-electron chi connectivity index (χ4n) is 2.44. The van der Waals surface area contributed by atoms with Crippen LogP contribution in [0.3, 0.4) is 0 Å². The number of para-hydroxylation sites is 2. The van der Waals surface area contributed by atoms with Gasteiger partial charge in [-0.15, -0.1) is 0 Å². The zero-order valence-electron chi connectivity index (χ0n) is 14.0. The molecule has 2 aromatic rings. The number of esters is 1. The van der Waals surface area contributed by atoms with Gasteiger partial charge in [0.2, 0.25) is 0 Å². The third-order valence-corrected chi connectivity index (χ3v) is 3.51. The van der Waals surface area contributed by atoms with Crippen LogP contribution < -0.4 is 11.0 Å². The van der Waals surface area contributed by atoms with Crippen LogP contribution in [0, 0.1) is 0 Å². The lowest BCUT2D eigenvalue weighted by molar-refractivity contribution is -0.151. The van der Waals surface area contributed by atoms with Gasteiger partial charge in [-0.1, -0.05) is 19.1 Å². The second kappa shape index (κ2) is 8.07. The van der Waals surface area contributed by atoms with Gasteiger partial charge < -0.3 is 10.1 Å². The molecule has 1 aromatic heterocycles. The summed E-state index contributed by atoms with van der Waals surface area (Å²) < 4.78 is 43.4. The Morgan fingerprint density at radius 2 is 1.77 bits per heavy atom. The first kappa shape index (κ1) is 19.5. The van der Waals surface area contributed by atoms with E-state index < -0.39 is 43.4 Å². The Bertz CT molecular complexity index is 855.